The lowest BCUT2D eigenvalue weighted by molar-refractivity contribution is -0.148. The van der Waals surface area contributed by atoms with Crippen LogP contribution in [0.25, 0.3) is 0 Å². The molecule has 0 saturated heterocycles. The van der Waals surface area contributed by atoms with E-state index in [0.29, 0.717) is 29.7 Å². The Morgan fingerprint density at radius 1 is 1.19 bits per heavy atom. The summed E-state index contributed by atoms with van der Waals surface area (Å²) < 4.78 is 5.27. The maximum atomic E-state index is 13.0. The molecule has 0 heterocycles. The summed E-state index contributed by atoms with van der Waals surface area (Å²) in [4.78, 5) is 13.0. The summed E-state index contributed by atoms with van der Waals surface area (Å²) in [6.45, 7) is 2.40. The van der Waals surface area contributed by atoms with Gasteiger partial charge in [-0.15, -0.1) is 0 Å². The first kappa shape index (κ1) is 23.1. The van der Waals surface area contributed by atoms with Gasteiger partial charge in [-0.2, -0.15) is 0 Å². The molecular weight excluding hydrogens is 422 g/mol. The Labute approximate surface area is 196 Å². The number of fused-ring (bicyclic) bond motifs is 2. The molecule has 32 heavy (non-hydrogen) atoms. The molecule has 0 bridgehead atoms. The number of anilines is 1. The molecule has 2 unspecified atom stereocenters. The molecule has 1 saturated carbocycles. The molecule has 2 N–H and O–H groups in total. The van der Waals surface area contributed by atoms with E-state index in [1.165, 1.54) is 18.2 Å². The molecule has 2 aliphatic rings. The fourth-order valence-electron chi connectivity index (χ4n) is 6.16. The third-order valence-corrected chi connectivity index (χ3v) is 8.27. The van der Waals surface area contributed by atoms with Gasteiger partial charge in [-0.1, -0.05) is 55.3 Å². The maximum Gasteiger partial charge on any atom is 0.331 e. The highest BCUT2D eigenvalue weighted by Gasteiger charge is 2.54. The van der Waals surface area contributed by atoms with Crippen molar-refractivity contribution in [3.8, 4) is 0 Å². The van der Waals surface area contributed by atoms with Crippen LogP contribution < -0.4 is 5.32 Å². The van der Waals surface area contributed by atoms with Gasteiger partial charge in [0.2, 0.25) is 0 Å². The molecule has 1 spiro atoms. The van der Waals surface area contributed by atoms with Gasteiger partial charge in [0.25, 0.3) is 0 Å². The standard InChI is InChI=1S/C27H34ClNO3/c1-3-19(18-30)15-21-16-20-7-4-5-10-24(20)26(21)11-13-27(14-12-26,25(31)32-2)29-23-9-6-8-22(28)17-23/h4-10,17,19,21,29-30H,3,11-16,18H2,1-2H3. The molecule has 4 rings (SSSR count). The summed E-state index contributed by atoms with van der Waals surface area (Å²) in [5, 5.41) is 14.0. The Kier molecular flexibility index (Phi) is 6.83. The van der Waals surface area contributed by atoms with E-state index in [0.717, 1.165) is 37.8 Å². The van der Waals surface area contributed by atoms with Gasteiger partial charge in [-0.3, -0.25) is 0 Å². The van der Waals surface area contributed by atoms with Gasteiger partial charge in [0, 0.05) is 17.3 Å². The van der Waals surface area contributed by atoms with Gasteiger partial charge < -0.3 is 15.2 Å². The van der Waals surface area contributed by atoms with Gasteiger partial charge in [-0.25, -0.2) is 4.79 Å². The van der Waals surface area contributed by atoms with Crippen molar-refractivity contribution >= 4 is 23.3 Å². The topological polar surface area (TPSA) is 58.6 Å². The first-order chi connectivity index (χ1) is 15.5. The highest BCUT2D eigenvalue weighted by molar-refractivity contribution is 6.30. The van der Waals surface area contributed by atoms with E-state index in [2.05, 4.69) is 36.5 Å². The zero-order valence-corrected chi connectivity index (χ0v) is 19.8. The number of ether oxygens (including phenoxy) is 1. The van der Waals surface area contributed by atoms with E-state index in [-0.39, 0.29) is 18.0 Å². The fourth-order valence-corrected chi connectivity index (χ4v) is 6.36. The Bertz CT molecular complexity index is 947. The Hall–Kier alpha value is -2.04. The largest absolute Gasteiger partial charge is 0.467 e. The summed E-state index contributed by atoms with van der Waals surface area (Å²) in [6, 6.07) is 16.3. The van der Waals surface area contributed by atoms with Crippen molar-refractivity contribution in [3.05, 3.63) is 64.7 Å². The highest BCUT2D eigenvalue weighted by Crippen LogP contribution is 2.56. The number of hydrogen-bond acceptors (Lipinski definition) is 4. The summed E-state index contributed by atoms with van der Waals surface area (Å²) in [5.74, 6) is 0.596. The van der Waals surface area contributed by atoms with E-state index < -0.39 is 5.54 Å². The van der Waals surface area contributed by atoms with Crippen LogP contribution in [-0.2, 0) is 21.4 Å². The first-order valence-corrected chi connectivity index (χ1v) is 12.2. The van der Waals surface area contributed by atoms with Crippen molar-refractivity contribution in [3.63, 3.8) is 0 Å². The number of carbonyl (C=O) groups is 1. The molecule has 2 aromatic carbocycles. The van der Waals surface area contributed by atoms with Crippen molar-refractivity contribution in [1.29, 1.82) is 0 Å². The minimum Gasteiger partial charge on any atom is -0.467 e. The van der Waals surface area contributed by atoms with Crippen molar-refractivity contribution in [2.75, 3.05) is 19.0 Å². The summed E-state index contributed by atoms with van der Waals surface area (Å²) in [6.07, 6.45) is 6.30. The van der Waals surface area contributed by atoms with Crippen LogP contribution in [-0.4, -0.2) is 30.3 Å². The van der Waals surface area contributed by atoms with E-state index in [9.17, 15) is 9.90 Å². The van der Waals surface area contributed by atoms with Crippen LogP contribution in [0.15, 0.2) is 48.5 Å². The van der Waals surface area contributed by atoms with Gasteiger partial charge in [0.05, 0.1) is 7.11 Å². The molecule has 0 radical (unpaired) electrons. The minimum atomic E-state index is -0.756. The molecule has 1 fully saturated rings. The molecule has 0 amide bonds. The number of carbonyl (C=O) groups excluding carboxylic acids is 1. The number of hydrogen-bond donors (Lipinski definition) is 2. The number of esters is 1. The van der Waals surface area contributed by atoms with Crippen LogP contribution >= 0.6 is 11.6 Å². The van der Waals surface area contributed by atoms with Crippen LogP contribution in [0.1, 0.15) is 56.6 Å². The first-order valence-electron chi connectivity index (χ1n) is 11.8. The minimum absolute atomic E-state index is 0.0483. The zero-order chi connectivity index (χ0) is 22.8. The maximum absolute atomic E-state index is 13.0. The number of nitrogens with one attached hydrogen (secondary N) is 1. The predicted octanol–water partition coefficient (Wildman–Crippen LogP) is 5.76. The van der Waals surface area contributed by atoms with E-state index in [4.69, 9.17) is 16.3 Å². The molecule has 0 aliphatic heterocycles. The normalized spacial score (nSPS) is 27.7. The molecule has 0 aromatic heterocycles. The second-order valence-electron chi connectivity index (χ2n) is 9.62. The van der Waals surface area contributed by atoms with Crippen LogP contribution in [0.2, 0.25) is 5.02 Å². The van der Waals surface area contributed by atoms with E-state index >= 15 is 0 Å². The third-order valence-electron chi connectivity index (χ3n) is 8.04. The number of aliphatic hydroxyl groups is 1. The number of aliphatic hydroxyl groups excluding tert-OH is 1. The zero-order valence-electron chi connectivity index (χ0n) is 19.1. The lowest BCUT2D eigenvalue weighted by atomic mass is 9.59. The summed E-state index contributed by atoms with van der Waals surface area (Å²) in [7, 11) is 1.47. The second kappa shape index (κ2) is 9.44. The van der Waals surface area contributed by atoms with Crippen LogP contribution in [0, 0.1) is 11.8 Å². The van der Waals surface area contributed by atoms with Gasteiger partial charge in [0.15, 0.2) is 0 Å². The van der Waals surface area contributed by atoms with Gasteiger partial charge in [-0.05, 0) is 85.1 Å². The van der Waals surface area contributed by atoms with Crippen molar-refractivity contribution < 1.29 is 14.6 Å². The average Bonchev–Trinajstić information content (AvgIpc) is 3.11. The van der Waals surface area contributed by atoms with Crippen molar-refractivity contribution in [2.24, 2.45) is 11.8 Å². The smallest absolute Gasteiger partial charge is 0.331 e. The van der Waals surface area contributed by atoms with Crippen LogP contribution in [0.3, 0.4) is 0 Å². The molecule has 4 nitrogen and oxygen atoms in total. The molecule has 172 valence electrons. The monoisotopic (exact) mass is 455 g/mol. The van der Waals surface area contributed by atoms with Crippen molar-refractivity contribution in [2.45, 2.75) is 62.8 Å². The lowest BCUT2D eigenvalue weighted by Crippen LogP contribution is -2.53. The molecule has 2 atom stereocenters. The quantitative estimate of drug-likeness (QED) is 0.521. The highest BCUT2D eigenvalue weighted by atomic mass is 35.5. The second-order valence-corrected chi connectivity index (χ2v) is 10.1. The molecule has 5 heteroatoms. The Morgan fingerprint density at radius 3 is 2.59 bits per heavy atom. The number of benzene rings is 2. The lowest BCUT2D eigenvalue weighted by Gasteiger charge is -2.48. The summed E-state index contributed by atoms with van der Waals surface area (Å²) >= 11 is 6.19. The molecular formula is C27H34ClNO3. The Balaban J connectivity index is 1.64. The van der Waals surface area contributed by atoms with Crippen LogP contribution in [0.4, 0.5) is 5.69 Å². The van der Waals surface area contributed by atoms with E-state index in [1.54, 1.807) is 0 Å². The average molecular weight is 456 g/mol. The van der Waals surface area contributed by atoms with Gasteiger partial charge >= 0.3 is 5.97 Å². The molecule has 2 aromatic rings. The number of rotatable bonds is 7. The third kappa shape index (κ3) is 4.15. The SMILES string of the molecule is CCC(CO)CC1Cc2ccccc2C12CCC(Nc1cccc(Cl)c1)(C(=O)OC)CC2. The Morgan fingerprint density at radius 2 is 1.94 bits per heavy atom. The number of halogens is 1. The van der Waals surface area contributed by atoms with Crippen LogP contribution in [0.5, 0.6) is 0 Å². The summed E-state index contributed by atoms with van der Waals surface area (Å²) in [5.41, 5.74) is 3.01. The number of methoxy groups -OCH3 is 1. The van der Waals surface area contributed by atoms with Gasteiger partial charge in [0.1, 0.15) is 5.54 Å². The fraction of sp³-hybridized carbons (Fsp3) is 0.519. The predicted molar refractivity (Wildman–Crippen MR) is 129 cm³/mol. The molecule has 2 aliphatic carbocycles. The van der Waals surface area contributed by atoms with E-state index in [1.807, 2.05) is 24.3 Å². The van der Waals surface area contributed by atoms with Crippen molar-refractivity contribution in [1.82, 2.24) is 0 Å².